The fourth-order valence-electron chi connectivity index (χ4n) is 2.75. The highest BCUT2D eigenvalue weighted by atomic mass is 35.5. The van der Waals surface area contributed by atoms with E-state index >= 15 is 0 Å². The zero-order valence-electron chi connectivity index (χ0n) is 15.3. The van der Waals surface area contributed by atoms with Gasteiger partial charge in [0.25, 0.3) is 5.91 Å². The summed E-state index contributed by atoms with van der Waals surface area (Å²) < 4.78 is 5.88. The number of nitrogens with zero attached hydrogens (tertiary/aromatic N) is 3. The van der Waals surface area contributed by atoms with Crippen molar-refractivity contribution in [2.75, 3.05) is 6.54 Å². The van der Waals surface area contributed by atoms with E-state index in [-0.39, 0.29) is 5.91 Å². The summed E-state index contributed by atoms with van der Waals surface area (Å²) in [5.74, 6) is 1.65. The number of thioether (sulfide) groups is 1. The van der Waals surface area contributed by atoms with Crippen molar-refractivity contribution in [2.45, 2.75) is 6.92 Å². The Kier molecular flexibility index (Phi) is 5.76. The summed E-state index contributed by atoms with van der Waals surface area (Å²) in [6.07, 6.45) is 3.39. The van der Waals surface area contributed by atoms with Crippen LogP contribution in [0.25, 0.3) is 17.4 Å². The number of aromatic nitrogens is 1. The number of hydrogen-bond donors (Lipinski definition) is 0. The Morgan fingerprint density at radius 2 is 2.03 bits per heavy atom. The zero-order valence-corrected chi connectivity index (χ0v) is 17.6. The first kappa shape index (κ1) is 19.8. The molecule has 1 saturated heterocycles. The predicted octanol–water partition coefficient (Wildman–Crippen LogP) is 6.27. The van der Waals surface area contributed by atoms with E-state index in [1.807, 2.05) is 37.3 Å². The maximum atomic E-state index is 12.8. The average Bonchev–Trinajstić information content (AvgIpc) is 3.30. The van der Waals surface area contributed by atoms with Gasteiger partial charge in [-0.2, -0.15) is 0 Å². The first-order valence-corrected chi connectivity index (χ1v) is 10.4. The number of carbonyl (C=O) groups is 1. The largest absolute Gasteiger partial charge is 0.457 e. The first-order chi connectivity index (χ1) is 14.0. The molecule has 3 heterocycles. The molecule has 8 heteroatoms. The molecule has 0 saturated carbocycles. The molecule has 4 rings (SSSR count). The van der Waals surface area contributed by atoms with Gasteiger partial charge in [-0.1, -0.05) is 29.3 Å². The Balaban J connectivity index is 1.61. The van der Waals surface area contributed by atoms with Crippen LogP contribution in [-0.2, 0) is 4.79 Å². The van der Waals surface area contributed by atoms with E-state index in [0.29, 0.717) is 44.0 Å². The molecular formula is C21H15Cl2N3O2S. The summed E-state index contributed by atoms with van der Waals surface area (Å²) in [6.45, 7) is 2.42. The van der Waals surface area contributed by atoms with Crippen LogP contribution in [0.3, 0.4) is 0 Å². The first-order valence-electron chi connectivity index (χ1n) is 8.81. The zero-order chi connectivity index (χ0) is 20.4. The smallest absolute Gasteiger partial charge is 0.266 e. The van der Waals surface area contributed by atoms with E-state index in [0.717, 1.165) is 5.56 Å². The Bertz CT molecular complexity index is 1130. The van der Waals surface area contributed by atoms with Crippen molar-refractivity contribution in [3.8, 4) is 11.3 Å². The van der Waals surface area contributed by atoms with Gasteiger partial charge in [0, 0.05) is 24.4 Å². The van der Waals surface area contributed by atoms with Crippen molar-refractivity contribution in [3.63, 3.8) is 0 Å². The number of rotatable bonds is 4. The van der Waals surface area contributed by atoms with Crippen LogP contribution >= 0.6 is 35.0 Å². The molecule has 0 N–H and O–H groups in total. The monoisotopic (exact) mass is 443 g/mol. The van der Waals surface area contributed by atoms with Crippen LogP contribution in [0, 0.1) is 0 Å². The number of amides is 1. The average molecular weight is 444 g/mol. The molecule has 1 aliphatic rings. The third kappa shape index (κ3) is 4.24. The van der Waals surface area contributed by atoms with E-state index < -0.39 is 0 Å². The van der Waals surface area contributed by atoms with Crippen molar-refractivity contribution >= 4 is 57.9 Å². The van der Waals surface area contributed by atoms with E-state index in [4.69, 9.17) is 27.6 Å². The van der Waals surface area contributed by atoms with Gasteiger partial charge in [-0.25, -0.2) is 9.98 Å². The van der Waals surface area contributed by atoms with Crippen LogP contribution < -0.4 is 0 Å². The molecule has 2 aromatic heterocycles. The summed E-state index contributed by atoms with van der Waals surface area (Å²) in [6, 6.07) is 14.4. The number of pyridine rings is 1. The Morgan fingerprint density at radius 3 is 2.76 bits per heavy atom. The number of carbonyl (C=O) groups excluding carboxylic acids is 1. The Labute approximate surface area is 182 Å². The topological polar surface area (TPSA) is 58.7 Å². The van der Waals surface area contributed by atoms with Gasteiger partial charge in [0.2, 0.25) is 0 Å². The number of furan rings is 1. The van der Waals surface area contributed by atoms with Crippen LogP contribution in [-0.4, -0.2) is 27.5 Å². The molecule has 1 fully saturated rings. The van der Waals surface area contributed by atoms with Gasteiger partial charge >= 0.3 is 0 Å². The van der Waals surface area contributed by atoms with Crippen molar-refractivity contribution in [1.82, 2.24) is 9.88 Å². The second-order valence-electron chi connectivity index (χ2n) is 6.07. The molecule has 0 spiro atoms. The summed E-state index contributed by atoms with van der Waals surface area (Å²) in [4.78, 5) is 23.6. The lowest BCUT2D eigenvalue weighted by Gasteiger charge is -2.11. The molecule has 1 aliphatic heterocycles. The van der Waals surface area contributed by atoms with Crippen molar-refractivity contribution < 1.29 is 9.21 Å². The van der Waals surface area contributed by atoms with Crippen molar-refractivity contribution in [3.05, 3.63) is 75.4 Å². The lowest BCUT2D eigenvalue weighted by atomic mass is 10.2. The molecule has 3 aromatic rings. The quantitative estimate of drug-likeness (QED) is 0.445. The number of benzene rings is 1. The summed E-state index contributed by atoms with van der Waals surface area (Å²) in [5.41, 5.74) is 0.807. The van der Waals surface area contributed by atoms with Crippen molar-refractivity contribution in [2.24, 2.45) is 4.99 Å². The van der Waals surface area contributed by atoms with Crippen LogP contribution in [0.2, 0.25) is 10.0 Å². The number of likely N-dealkylation sites (N-methyl/N-ethyl adjacent to an activating group) is 1. The standard InChI is InChI=1S/C21H15Cl2N3O2S/c1-2-26-20(27)18(29-21(26)25-19-5-3-4-10-24-19)12-14-7-9-17(28-14)13-6-8-15(22)16(23)11-13/h3-12H,2H2,1H3/b18-12+,25-21+. The highest BCUT2D eigenvalue weighted by Crippen LogP contribution is 2.35. The molecule has 5 nitrogen and oxygen atoms in total. The molecule has 0 bridgehead atoms. The van der Waals surface area contributed by atoms with Crippen LogP contribution in [0.5, 0.6) is 0 Å². The minimum atomic E-state index is -0.111. The SMILES string of the molecule is CCN1C(=O)/C(=C\c2ccc(-c3ccc(Cl)c(Cl)c3)o2)S/C1=N/c1ccccn1. The fraction of sp³-hybridized carbons (Fsp3) is 0.0952. The molecule has 0 atom stereocenters. The minimum Gasteiger partial charge on any atom is -0.457 e. The number of aliphatic imine (C=N–C) groups is 1. The van der Waals surface area contributed by atoms with Crippen LogP contribution in [0.15, 0.2) is 69.0 Å². The molecule has 0 aliphatic carbocycles. The fourth-order valence-corrected chi connectivity index (χ4v) is 4.08. The van der Waals surface area contributed by atoms with Gasteiger partial charge < -0.3 is 4.42 Å². The summed E-state index contributed by atoms with van der Waals surface area (Å²) >= 11 is 13.4. The van der Waals surface area contributed by atoms with Gasteiger partial charge in [0.1, 0.15) is 11.5 Å². The van der Waals surface area contributed by atoms with Crippen LogP contribution in [0.4, 0.5) is 5.82 Å². The Morgan fingerprint density at radius 1 is 1.17 bits per heavy atom. The summed E-state index contributed by atoms with van der Waals surface area (Å²) in [5, 5.41) is 1.53. The normalized spacial score (nSPS) is 16.9. The molecule has 29 heavy (non-hydrogen) atoms. The van der Waals surface area contributed by atoms with Gasteiger partial charge in [-0.15, -0.1) is 0 Å². The molecule has 1 aromatic carbocycles. The highest BCUT2D eigenvalue weighted by molar-refractivity contribution is 8.18. The van der Waals surface area contributed by atoms with Crippen molar-refractivity contribution in [1.29, 1.82) is 0 Å². The molecule has 0 unspecified atom stereocenters. The van der Waals surface area contributed by atoms with E-state index in [2.05, 4.69) is 9.98 Å². The number of amidine groups is 1. The van der Waals surface area contributed by atoms with Gasteiger partial charge in [-0.3, -0.25) is 9.69 Å². The molecule has 1 amide bonds. The molecule has 146 valence electrons. The van der Waals surface area contributed by atoms with E-state index in [1.165, 1.54) is 11.8 Å². The predicted molar refractivity (Wildman–Crippen MR) is 118 cm³/mol. The maximum Gasteiger partial charge on any atom is 0.266 e. The van der Waals surface area contributed by atoms with E-state index in [1.54, 1.807) is 35.4 Å². The highest BCUT2D eigenvalue weighted by Gasteiger charge is 2.32. The minimum absolute atomic E-state index is 0.111. The van der Waals surface area contributed by atoms with Gasteiger partial charge in [0.15, 0.2) is 11.0 Å². The lowest BCUT2D eigenvalue weighted by Crippen LogP contribution is -2.28. The molecule has 0 radical (unpaired) electrons. The van der Waals surface area contributed by atoms with Crippen LogP contribution in [0.1, 0.15) is 12.7 Å². The van der Waals surface area contributed by atoms with Gasteiger partial charge in [-0.05, 0) is 61.2 Å². The van der Waals surface area contributed by atoms with E-state index in [9.17, 15) is 4.79 Å². The maximum absolute atomic E-state index is 12.8. The number of halogens is 2. The van der Waals surface area contributed by atoms with Gasteiger partial charge in [0.05, 0.1) is 15.0 Å². The third-order valence-corrected chi connectivity index (χ3v) is 5.91. The second kappa shape index (κ2) is 8.45. The number of hydrogen-bond acceptors (Lipinski definition) is 5. The summed E-state index contributed by atoms with van der Waals surface area (Å²) in [7, 11) is 0. The Hall–Kier alpha value is -2.54. The second-order valence-corrected chi connectivity index (χ2v) is 7.90. The lowest BCUT2D eigenvalue weighted by molar-refractivity contribution is -0.122. The third-order valence-electron chi connectivity index (χ3n) is 4.17. The molecular weight excluding hydrogens is 429 g/mol.